The molecule has 0 aliphatic heterocycles. The number of aromatic hydroxyl groups is 1. The van der Waals surface area contributed by atoms with E-state index in [4.69, 9.17) is 27.9 Å². The number of hydrogen-bond acceptors (Lipinski definition) is 7. The lowest BCUT2D eigenvalue weighted by atomic mass is 10.0. The van der Waals surface area contributed by atoms with Gasteiger partial charge in [-0.1, -0.05) is 59.6 Å². The van der Waals surface area contributed by atoms with Gasteiger partial charge in [-0.25, -0.2) is 0 Å². The van der Waals surface area contributed by atoms with Crippen LogP contribution in [0.3, 0.4) is 0 Å². The van der Waals surface area contributed by atoms with Gasteiger partial charge in [0.15, 0.2) is 5.75 Å². The predicted molar refractivity (Wildman–Crippen MR) is 146 cm³/mol. The van der Waals surface area contributed by atoms with Crippen LogP contribution in [0.2, 0.25) is 10.0 Å². The summed E-state index contributed by atoms with van der Waals surface area (Å²) in [7, 11) is -4.70. The fraction of sp³-hybridized carbons (Fsp3) is 0.115. The number of carbonyl (C=O) groups excluding carboxylic acids is 1. The molecule has 0 atom stereocenters. The van der Waals surface area contributed by atoms with Crippen molar-refractivity contribution in [1.29, 1.82) is 0 Å². The number of carbonyl (C=O) groups is 1. The molecule has 0 fully saturated rings. The van der Waals surface area contributed by atoms with Crippen LogP contribution in [-0.4, -0.2) is 30.6 Å². The molecule has 4 aromatic rings. The van der Waals surface area contributed by atoms with Gasteiger partial charge in [0, 0.05) is 5.39 Å². The Balaban J connectivity index is 1.84. The van der Waals surface area contributed by atoms with E-state index in [0.29, 0.717) is 23.1 Å². The zero-order chi connectivity index (χ0) is 27.6. The maximum Gasteiger partial charge on any atom is 0.297 e. The van der Waals surface area contributed by atoms with E-state index in [-0.39, 0.29) is 38.2 Å². The molecule has 0 aromatic heterocycles. The first kappa shape index (κ1) is 27.3. The summed E-state index contributed by atoms with van der Waals surface area (Å²) in [5, 5.41) is 22.9. The van der Waals surface area contributed by atoms with Crippen molar-refractivity contribution in [2.45, 2.75) is 18.7 Å². The maximum atomic E-state index is 13.2. The average molecular weight is 574 g/mol. The molecule has 0 saturated heterocycles. The van der Waals surface area contributed by atoms with E-state index in [1.54, 1.807) is 49.4 Å². The summed E-state index contributed by atoms with van der Waals surface area (Å²) in [4.78, 5) is 12.7. The van der Waals surface area contributed by atoms with Gasteiger partial charge in [0.05, 0.1) is 22.9 Å². The fourth-order valence-electron chi connectivity index (χ4n) is 3.82. The number of phenols is 1. The highest BCUT2D eigenvalue weighted by Gasteiger charge is 2.23. The van der Waals surface area contributed by atoms with E-state index in [2.05, 4.69) is 15.5 Å². The molecule has 4 aromatic carbocycles. The van der Waals surface area contributed by atoms with Crippen LogP contribution in [0.4, 0.5) is 17.1 Å². The molecule has 0 aliphatic rings. The van der Waals surface area contributed by atoms with Crippen molar-refractivity contribution >= 4 is 67.1 Å². The van der Waals surface area contributed by atoms with E-state index in [0.717, 1.165) is 0 Å². The number of ether oxygens (including phenoxy) is 1. The highest BCUT2D eigenvalue weighted by atomic mass is 35.5. The Hall–Kier alpha value is -3.70. The molecule has 196 valence electrons. The van der Waals surface area contributed by atoms with E-state index in [1.807, 2.05) is 0 Å². The average Bonchev–Trinajstić information content (AvgIpc) is 2.86. The molecule has 0 radical (unpaired) electrons. The van der Waals surface area contributed by atoms with Crippen molar-refractivity contribution in [3.8, 4) is 11.5 Å². The molecule has 38 heavy (non-hydrogen) atoms. The van der Waals surface area contributed by atoms with Crippen molar-refractivity contribution in [3.05, 3.63) is 81.8 Å². The number of anilines is 1. The van der Waals surface area contributed by atoms with Crippen molar-refractivity contribution in [2.75, 3.05) is 11.9 Å². The number of phenolic OH excluding ortho intramolecular Hbond substituents is 1. The summed E-state index contributed by atoms with van der Waals surface area (Å²) in [6, 6.07) is 16.0. The molecule has 0 heterocycles. The molecule has 9 nitrogen and oxygen atoms in total. The summed E-state index contributed by atoms with van der Waals surface area (Å²) in [5.74, 6) is -0.819. The minimum atomic E-state index is -4.70. The zero-order valence-electron chi connectivity index (χ0n) is 20.1. The van der Waals surface area contributed by atoms with Crippen LogP contribution < -0.4 is 10.1 Å². The SMILES string of the molecule is CCOc1cccc(NC(=O)c2cc3ccccc3c(N=Nc3c(Cl)ccc(C)c3S(=O)(=O)O)c2O)c1Cl. The number of nitrogens with one attached hydrogen (secondary N) is 1. The molecule has 0 unspecified atom stereocenters. The molecule has 0 bridgehead atoms. The number of amides is 1. The smallest absolute Gasteiger partial charge is 0.297 e. The number of fused-ring (bicyclic) bond motifs is 1. The molecule has 4 rings (SSSR count). The number of nitrogens with zero attached hydrogens (tertiary/aromatic N) is 2. The number of benzene rings is 4. The number of halogens is 2. The largest absolute Gasteiger partial charge is 0.505 e. The minimum absolute atomic E-state index is 0.0894. The Bertz CT molecular complexity index is 1710. The summed E-state index contributed by atoms with van der Waals surface area (Å²) in [6.45, 7) is 3.64. The number of hydrogen-bond donors (Lipinski definition) is 3. The summed E-state index contributed by atoms with van der Waals surface area (Å²) >= 11 is 12.5. The Kier molecular flexibility index (Phi) is 7.89. The van der Waals surface area contributed by atoms with Gasteiger partial charge in [0.25, 0.3) is 16.0 Å². The third-order valence-electron chi connectivity index (χ3n) is 5.54. The fourth-order valence-corrected chi connectivity index (χ4v) is 5.17. The summed E-state index contributed by atoms with van der Waals surface area (Å²) in [5.41, 5.74) is -0.101. The van der Waals surface area contributed by atoms with E-state index in [1.165, 1.54) is 25.1 Å². The van der Waals surface area contributed by atoms with Gasteiger partial charge in [-0.05, 0) is 49.1 Å². The highest BCUT2D eigenvalue weighted by molar-refractivity contribution is 7.86. The van der Waals surface area contributed by atoms with Gasteiger partial charge in [-0.3, -0.25) is 9.35 Å². The molecular formula is C26H21Cl2N3O6S. The Morgan fingerprint density at radius 1 is 1.03 bits per heavy atom. The predicted octanol–water partition coefficient (Wildman–Crippen LogP) is 7.47. The van der Waals surface area contributed by atoms with Crippen LogP contribution in [-0.2, 0) is 10.1 Å². The first-order chi connectivity index (χ1) is 18.0. The van der Waals surface area contributed by atoms with Crippen molar-refractivity contribution in [3.63, 3.8) is 0 Å². The van der Waals surface area contributed by atoms with Crippen LogP contribution in [0.15, 0.2) is 75.8 Å². The van der Waals surface area contributed by atoms with Gasteiger partial charge in [-0.2, -0.15) is 8.42 Å². The van der Waals surface area contributed by atoms with Crippen LogP contribution in [0.25, 0.3) is 10.8 Å². The monoisotopic (exact) mass is 573 g/mol. The highest BCUT2D eigenvalue weighted by Crippen LogP contribution is 2.42. The summed E-state index contributed by atoms with van der Waals surface area (Å²) in [6.07, 6.45) is 0. The zero-order valence-corrected chi connectivity index (χ0v) is 22.4. The maximum absolute atomic E-state index is 13.2. The second kappa shape index (κ2) is 11.0. The molecular weight excluding hydrogens is 553 g/mol. The Labute approximate surface area is 228 Å². The molecule has 12 heteroatoms. The van der Waals surface area contributed by atoms with E-state index >= 15 is 0 Å². The second-order valence-corrected chi connectivity index (χ2v) is 10.2. The van der Waals surface area contributed by atoms with Crippen LogP contribution >= 0.6 is 23.2 Å². The standard InChI is InChI=1S/C26H21Cl2N3O6S/c1-3-37-20-10-6-9-19(21(20)28)29-26(33)17-13-15-7-4-5-8-16(15)22(24(17)32)30-31-23-18(27)12-11-14(2)25(23)38(34,35)36/h4-13,32H,3H2,1-2H3,(H,29,33)(H,34,35,36). The third-order valence-corrected chi connectivity index (χ3v) is 7.26. The summed E-state index contributed by atoms with van der Waals surface area (Å²) < 4.78 is 39.2. The third kappa shape index (κ3) is 5.44. The Morgan fingerprint density at radius 2 is 1.74 bits per heavy atom. The molecule has 3 N–H and O–H groups in total. The second-order valence-electron chi connectivity index (χ2n) is 8.06. The molecule has 0 aliphatic carbocycles. The minimum Gasteiger partial charge on any atom is -0.505 e. The van der Waals surface area contributed by atoms with Crippen molar-refractivity contribution in [1.82, 2.24) is 0 Å². The van der Waals surface area contributed by atoms with Crippen LogP contribution in [0.1, 0.15) is 22.8 Å². The first-order valence-electron chi connectivity index (χ1n) is 11.2. The van der Waals surface area contributed by atoms with Crippen LogP contribution in [0.5, 0.6) is 11.5 Å². The van der Waals surface area contributed by atoms with E-state index in [9.17, 15) is 22.9 Å². The van der Waals surface area contributed by atoms with Gasteiger partial charge >= 0.3 is 0 Å². The van der Waals surface area contributed by atoms with Gasteiger partial charge in [-0.15, -0.1) is 10.2 Å². The lowest BCUT2D eigenvalue weighted by Crippen LogP contribution is -2.13. The van der Waals surface area contributed by atoms with Gasteiger partial charge in [0.2, 0.25) is 0 Å². The molecule has 0 saturated carbocycles. The quantitative estimate of drug-likeness (QED) is 0.155. The lowest BCUT2D eigenvalue weighted by molar-refractivity contribution is 0.102. The van der Waals surface area contributed by atoms with Gasteiger partial charge < -0.3 is 15.2 Å². The van der Waals surface area contributed by atoms with E-state index < -0.39 is 26.7 Å². The normalized spacial score (nSPS) is 11.7. The number of azo groups is 1. The van der Waals surface area contributed by atoms with Crippen LogP contribution in [0, 0.1) is 6.92 Å². The topological polar surface area (TPSA) is 138 Å². The Morgan fingerprint density at radius 3 is 2.45 bits per heavy atom. The van der Waals surface area contributed by atoms with Crippen molar-refractivity contribution < 1.29 is 27.6 Å². The lowest BCUT2D eigenvalue weighted by Gasteiger charge is -2.13. The number of aryl methyl sites for hydroxylation is 1. The van der Waals surface area contributed by atoms with Crippen molar-refractivity contribution in [2.24, 2.45) is 10.2 Å². The molecule has 0 spiro atoms. The first-order valence-corrected chi connectivity index (χ1v) is 13.4. The van der Waals surface area contributed by atoms with Gasteiger partial charge in [0.1, 0.15) is 27.0 Å². The number of rotatable bonds is 7. The molecule has 1 amide bonds.